The maximum atomic E-state index is 11.8. The van der Waals surface area contributed by atoms with E-state index in [1.807, 2.05) is 72.8 Å². The van der Waals surface area contributed by atoms with E-state index in [0.717, 1.165) is 29.1 Å². The molecule has 0 saturated heterocycles. The van der Waals surface area contributed by atoms with Crippen molar-refractivity contribution in [3.63, 3.8) is 0 Å². The molecule has 0 spiro atoms. The number of benzene rings is 2. The number of rotatable bonds is 7. The van der Waals surface area contributed by atoms with Crippen LogP contribution in [0.2, 0.25) is 0 Å². The van der Waals surface area contributed by atoms with Crippen LogP contribution in [0, 0.1) is 0 Å². The molecule has 0 aliphatic heterocycles. The second-order valence-electron chi connectivity index (χ2n) is 5.99. The van der Waals surface area contributed by atoms with Gasteiger partial charge in [-0.1, -0.05) is 60.7 Å². The Morgan fingerprint density at radius 3 is 2.56 bits per heavy atom. The fourth-order valence-corrected chi connectivity index (χ4v) is 2.80. The van der Waals surface area contributed by atoms with Crippen LogP contribution in [0.15, 0.2) is 89.5 Å². The molecule has 0 fully saturated rings. The van der Waals surface area contributed by atoms with Gasteiger partial charge in [-0.15, -0.1) is 0 Å². The first-order valence-corrected chi connectivity index (χ1v) is 9.02. The maximum absolute atomic E-state index is 11.8. The van der Waals surface area contributed by atoms with Gasteiger partial charge in [0.1, 0.15) is 6.54 Å². The molecule has 3 aromatic rings. The van der Waals surface area contributed by atoms with E-state index in [1.54, 1.807) is 12.3 Å². The number of oxazole rings is 1. The molecule has 0 bridgehead atoms. The molecule has 0 aliphatic rings. The van der Waals surface area contributed by atoms with Crippen molar-refractivity contribution in [2.45, 2.75) is 19.9 Å². The molecule has 1 N–H and O–H groups in total. The molecule has 0 unspecified atom stereocenters. The van der Waals surface area contributed by atoms with E-state index in [4.69, 9.17) is 4.42 Å². The van der Waals surface area contributed by atoms with Crippen molar-refractivity contribution in [2.24, 2.45) is 0 Å². The Hall–Kier alpha value is -3.40. The van der Waals surface area contributed by atoms with Crippen molar-refractivity contribution < 1.29 is 13.8 Å². The van der Waals surface area contributed by atoms with Gasteiger partial charge in [0.05, 0.1) is 12.5 Å². The summed E-state index contributed by atoms with van der Waals surface area (Å²) in [6.45, 7) is 2.93. The number of fused-ring (bicyclic) bond motifs is 1. The number of aryl methyl sites for hydroxylation is 1. The zero-order chi connectivity index (χ0) is 18.9. The Morgan fingerprint density at radius 1 is 1.00 bits per heavy atom. The van der Waals surface area contributed by atoms with Gasteiger partial charge in [-0.2, -0.15) is 4.57 Å². The van der Waals surface area contributed by atoms with E-state index in [-0.39, 0.29) is 5.91 Å². The molecule has 1 aromatic heterocycles. The molecule has 4 nitrogen and oxygen atoms in total. The molecular weight excluding hydrogens is 336 g/mol. The van der Waals surface area contributed by atoms with Gasteiger partial charge in [0.15, 0.2) is 0 Å². The number of allylic oxidation sites excluding steroid dienone is 4. The van der Waals surface area contributed by atoms with Crippen molar-refractivity contribution in [1.82, 2.24) is 5.32 Å². The molecule has 3 rings (SSSR count). The Bertz CT molecular complexity index is 982. The molecule has 27 heavy (non-hydrogen) atoms. The van der Waals surface area contributed by atoms with Crippen LogP contribution in [0.1, 0.15) is 18.4 Å². The van der Waals surface area contributed by atoms with E-state index in [0.29, 0.717) is 6.42 Å². The van der Waals surface area contributed by atoms with E-state index in [1.165, 1.54) is 0 Å². The van der Waals surface area contributed by atoms with Gasteiger partial charge in [-0.3, -0.25) is 4.79 Å². The predicted molar refractivity (Wildman–Crippen MR) is 108 cm³/mol. The topological polar surface area (TPSA) is 46.1 Å². The lowest BCUT2D eigenvalue weighted by molar-refractivity contribution is -0.674. The van der Waals surface area contributed by atoms with Gasteiger partial charge >= 0.3 is 5.89 Å². The second kappa shape index (κ2) is 9.34. The molecule has 0 atom stereocenters. The highest BCUT2D eigenvalue weighted by Crippen LogP contribution is 2.14. The van der Waals surface area contributed by atoms with Crippen LogP contribution in [0.25, 0.3) is 17.2 Å². The minimum Gasteiger partial charge on any atom is -0.398 e. The van der Waals surface area contributed by atoms with Gasteiger partial charge in [-0.05, 0) is 24.6 Å². The summed E-state index contributed by atoms with van der Waals surface area (Å²) in [5, 5.41) is 2.76. The zero-order valence-electron chi connectivity index (χ0n) is 15.3. The number of nitrogens with zero attached hydrogens (tertiary/aromatic N) is 1. The first-order valence-electron chi connectivity index (χ1n) is 9.02. The third-order valence-electron chi connectivity index (χ3n) is 4.07. The molecule has 1 amide bonds. The van der Waals surface area contributed by atoms with Crippen LogP contribution < -0.4 is 9.88 Å². The van der Waals surface area contributed by atoms with Crippen molar-refractivity contribution in [3.8, 4) is 0 Å². The number of nitrogens with one attached hydrogen (secondary N) is 1. The van der Waals surface area contributed by atoms with Crippen LogP contribution in [-0.2, 0) is 17.8 Å². The van der Waals surface area contributed by atoms with Crippen molar-refractivity contribution in [3.05, 3.63) is 96.6 Å². The van der Waals surface area contributed by atoms with Gasteiger partial charge in [-0.25, -0.2) is 0 Å². The summed E-state index contributed by atoms with van der Waals surface area (Å²) in [4.78, 5) is 11.8. The Morgan fingerprint density at radius 2 is 1.74 bits per heavy atom. The highest BCUT2D eigenvalue weighted by atomic mass is 16.3. The van der Waals surface area contributed by atoms with Crippen LogP contribution in [0.4, 0.5) is 0 Å². The highest BCUT2D eigenvalue weighted by Gasteiger charge is 2.17. The number of carbonyl (C=O) groups is 1. The van der Waals surface area contributed by atoms with Gasteiger partial charge in [0, 0.05) is 12.3 Å². The fourth-order valence-electron chi connectivity index (χ4n) is 2.80. The minimum atomic E-state index is -0.0346. The highest BCUT2D eigenvalue weighted by molar-refractivity contribution is 5.79. The summed E-state index contributed by atoms with van der Waals surface area (Å²) in [6.07, 6.45) is 11.4. The fraction of sp³-hybridized carbons (Fsp3) is 0.130. The normalized spacial score (nSPS) is 11.9. The summed E-state index contributed by atoms with van der Waals surface area (Å²) < 4.78 is 8.00. The molecule has 136 valence electrons. The van der Waals surface area contributed by atoms with Crippen LogP contribution in [0.5, 0.6) is 0 Å². The lowest BCUT2D eigenvalue weighted by Crippen LogP contribution is -2.33. The summed E-state index contributed by atoms with van der Waals surface area (Å²) in [5.74, 6) is 0.774. The lowest BCUT2D eigenvalue weighted by atomic mass is 10.1. The van der Waals surface area contributed by atoms with E-state index < -0.39 is 0 Å². The number of hydrogen-bond donors (Lipinski definition) is 1. The molecule has 4 heteroatoms. The molecule has 0 radical (unpaired) electrons. The average molecular weight is 359 g/mol. The summed E-state index contributed by atoms with van der Waals surface area (Å²) in [5.41, 5.74) is 2.96. The number of carbonyl (C=O) groups excluding carboxylic acids is 1. The molecule has 1 heterocycles. The zero-order valence-corrected chi connectivity index (χ0v) is 15.3. The molecular formula is C23H23N2O2+. The predicted octanol–water partition coefficient (Wildman–Crippen LogP) is 4.18. The third kappa shape index (κ3) is 5.05. The molecule has 0 saturated carbocycles. The van der Waals surface area contributed by atoms with Crippen molar-refractivity contribution in [1.29, 1.82) is 0 Å². The van der Waals surface area contributed by atoms with Crippen LogP contribution >= 0.6 is 0 Å². The Labute approximate surface area is 159 Å². The summed E-state index contributed by atoms with van der Waals surface area (Å²) in [6, 6.07) is 17.7. The Kier molecular flexibility index (Phi) is 6.36. The lowest BCUT2D eigenvalue weighted by Gasteiger charge is -1.99. The molecule has 0 aliphatic carbocycles. The SMILES string of the molecule is CC[n+]1c(C=CC=CC=CNC(=O)Cc2ccccc2)oc2ccccc21. The number of amides is 1. The number of aromatic nitrogens is 1. The quantitative estimate of drug-likeness (QED) is 0.508. The number of hydrogen-bond acceptors (Lipinski definition) is 2. The largest absolute Gasteiger partial charge is 0.398 e. The van der Waals surface area contributed by atoms with Gasteiger partial charge in [0.25, 0.3) is 5.52 Å². The van der Waals surface area contributed by atoms with E-state index in [9.17, 15) is 4.79 Å². The molecule has 2 aromatic carbocycles. The monoisotopic (exact) mass is 359 g/mol. The average Bonchev–Trinajstić information content (AvgIpc) is 3.05. The summed E-state index contributed by atoms with van der Waals surface area (Å²) in [7, 11) is 0. The van der Waals surface area contributed by atoms with E-state index in [2.05, 4.69) is 22.9 Å². The second-order valence-corrected chi connectivity index (χ2v) is 5.99. The third-order valence-corrected chi connectivity index (χ3v) is 4.07. The van der Waals surface area contributed by atoms with Crippen molar-refractivity contribution in [2.75, 3.05) is 0 Å². The number of para-hydroxylation sites is 2. The van der Waals surface area contributed by atoms with Crippen LogP contribution in [-0.4, -0.2) is 5.91 Å². The van der Waals surface area contributed by atoms with Crippen molar-refractivity contribution >= 4 is 23.1 Å². The van der Waals surface area contributed by atoms with E-state index >= 15 is 0 Å². The van der Waals surface area contributed by atoms with Crippen LogP contribution in [0.3, 0.4) is 0 Å². The minimum absolute atomic E-state index is 0.0346. The Balaban J connectivity index is 1.52. The standard InChI is InChI=1S/C23H22N2O2/c1-2-25-20-14-9-10-15-21(20)27-23(25)16-8-3-4-11-17-24-22(26)18-19-12-6-5-7-13-19/h3-17H,2,18H2,1H3/p+1. The van der Waals surface area contributed by atoms with Gasteiger partial charge in [0.2, 0.25) is 11.5 Å². The first kappa shape index (κ1) is 18.4. The van der Waals surface area contributed by atoms with Gasteiger partial charge < -0.3 is 9.73 Å². The smallest absolute Gasteiger partial charge is 0.374 e. The maximum Gasteiger partial charge on any atom is 0.374 e. The first-order chi connectivity index (χ1) is 13.3. The summed E-state index contributed by atoms with van der Waals surface area (Å²) >= 11 is 0.